The zero-order chi connectivity index (χ0) is 16.9. The minimum absolute atomic E-state index is 0.210. The standard InChI is InChI=1S/C18H23ClN4O/c1-2-23-12-15(11-21-23)10-20-17-9-18(24)22(13-17)7-6-14-4-3-5-16(19)8-14/h3-5,8,11-12,17,20H,2,6-7,9-10,13H2,1H3/t17-/m1/s1. The van der Waals surface area contributed by atoms with Gasteiger partial charge in [0.25, 0.3) is 0 Å². The minimum Gasteiger partial charge on any atom is -0.341 e. The molecule has 1 aromatic carbocycles. The first-order chi connectivity index (χ1) is 11.6. The molecule has 0 aliphatic carbocycles. The van der Waals surface area contributed by atoms with E-state index in [2.05, 4.69) is 17.3 Å². The summed E-state index contributed by atoms with van der Waals surface area (Å²) in [6.07, 6.45) is 5.32. The summed E-state index contributed by atoms with van der Waals surface area (Å²) in [6.45, 7) is 5.20. The van der Waals surface area contributed by atoms with E-state index in [-0.39, 0.29) is 11.9 Å². The predicted molar refractivity (Wildman–Crippen MR) is 94.9 cm³/mol. The van der Waals surface area contributed by atoms with Crippen LogP contribution in [-0.4, -0.2) is 39.7 Å². The lowest BCUT2D eigenvalue weighted by atomic mass is 10.1. The van der Waals surface area contributed by atoms with Crippen molar-refractivity contribution in [3.8, 4) is 0 Å². The van der Waals surface area contributed by atoms with E-state index in [1.165, 1.54) is 5.56 Å². The summed E-state index contributed by atoms with van der Waals surface area (Å²) in [6, 6.07) is 8.04. The maximum atomic E-state index is 12.2. The highest BCUT2D eigenvalue weighted by molar-refractivity contribution is 6.30. The predicted octanol–water partition coefficient (Wildman–Crippen LogP) is 2.49. The molecule has 0 radical (unpaired) electrons. The Hall–Kier alpha value is -1.85. The molecular weight excluding hydrogens is 324 g/mol. The summed E-state index contributed by atoms with van der Waals surface area (Å²) < 4.78 is 1.91. The molecule has 1 saturated heterocycles. The van der Waals surface area contributed by atoms with Crippen LogP contribution in [0.15, 0.2) is 36.7 Å². The third-order valence-electron chi connectivity index (χ3n) is 4.38. The number of benzene rings is 1. The average molecular weight is 347 g/mol. The summed E-state index contributed by atoms with van der Waals surface area (Å²) in [5.74, 6) is 0.221. The highest BCUT2D eigenvalue weighted by Crippen LogP contribution is 2.15. The molecule has 1 fully saturated rings. The summed E-state index contributed by atoms with van der Waals surface area (Å²) in [5, 5.41) is 8.48. The molecule has 1 atom stereocenters. The van der Waals surface area contributed by atoms with Crippen molar-refractivity contribution in [2.75, 3.05) is 13.1 Å². The number of aryl methyl sites for hydroxylation is 1. The van der Waals surface area contributed by atoms with Crippen LogP contribution in [0.1, 0.15) is 24.5 Å². The number of nitrogens with one attached hydrogen (secondary N) is 1. The normalized spacial score (nSPS) is 17.7. The monoisotopic (exact) mass is 346 g/mol. The fourth-order valence-corrected chi connectivity index (χ4v) is 3.23. The fourth-order valence-electron chi connectivity index (χ4n) is 3.01. The smallest absolute Gasteiger partial charge is 0.224 e. The number of aromatic nitrogens is 2. The van der Waals surface area contributed by atoms with Gasteiger partial charge in [0.1, 0.15) is 0 Å². The molecule has 0 unspecified atom stereocenters. The number of likely N-dealkylation sites (tertiary alicyclic amines) is 1. The van der Waals surface area contributed by atoms with Crippen LogP contribution in [0.3, 0.4) is 0 Å². The molecule has 3 rings (SSSR count). The van der Waals surface area contributed by atoms with Gasteiger partial charge in [-0.15, -0.1) is 0 Å². The van der Waals surface area contributed by atoms with Crippen LogP contribution in [-0.2, 0) is 24.3 Å². The molecule has 0 saturated carbocycles. The van der Waals surface area contributed by atoms with Crippen molar-refractivity contribution < 1.29 is 4.79 Å². The lowest BCUT2D eigenvalue weighted by molar-refractivity contribution is -0.127. The second kappa shape index (κ2) is 7.81. The van der Waals surface area contributed by atoms with Crippen LogP contribution in [0, 0.1) is 0 Å². The highest BCUT2D eigenvalue weighted by Gasteiger charge is 2.28. The van der Waals surface area contributed by atoms with Gasteiger partial charge in [0, 0.05) is 55.4 Å². The SMILES string of the molecule is CCn1cc(CN[C@@H]2CC(=O)N(CCc3cccc(Cl)c3)C2)cn1. The largest absolute Gasteiger partial charge is 0.341 e. The molecule has 1 aliphatic rings. The molecular formula is C18H23ClN4O. The van der Waals surface area contributed by atoms with Gasteiger partial charge in [-0.1, -0.05) is 23.7 Å². The van der Waals surface area contributed by atoms with Crippen LogP contribution >= 0.6 is 11.6 Å². The second-order valence-electron chi connectivity index (χ2n) is 6.21. The molecule has 2 heterocycles. The first kappa shape index (κ1) is 17.0. The third kappa shape index (κ3) is 4.36. The van der Waals surface area contributed by atoms with Crippen molar-refractivity contribution in [2.45, 2.75) is 38.9 Å². The van der Waals surface area contributed by atoms with E-state index < -0.39 is 0 Å². The van der Waals surface area contributed by atoms with E-state index in [0.29, 0.717) is 6.42 Å². The molecule has 1 N–H and O–H groups in total. The molecule has 1 amide bonds. The van der Waals surface area contributed by atoms with Gasteiger partial charge in [-0.05, 0) is 31.0 Å². The summed E-state index contributed by atoms with van der Waals surface area (Å²) in [5.41, 5.74) is 2.32. The summed E-state index contributed by atoms with van der Waals surface area (Å²) in [4.78, 5) is 14.1. The Morgan fingerprint density at radius 2 is 2.25 bits per heavy atom. The van der Waals surface area contributed by atoms with Crippen LogP contribution in [0.4, 0.5) is 0 Å². The van der Waals surface area contributed by atoms with Crippen LogP contribution < -0.4 is 5.32 Å². The third-order valence-corrected chi connectivity index (χ3v) is 4.61. The Morgan fingerprint density at radius 3 is 3.00 bits per heavy atom. The number of hydrogen-bond acceptors (Lipinski definition) is 3. The van der Waals surface area contributed by atoms with Gasteiger partial charge >= 0.3 is 0 Å². The lowest BCUT2D eigenvalue weighted by Crippen LogP contribution is -2.33. The number of hydrogen-bond donors (Lipinski definition) is 1. The van der Waals surface area contributed by atoms with E-state index in [9.17, 15) is 4.79 Å². The first-order valence-electron chi connectivity index (χ1n) is 8.41. The fraction of sp³-hybridized carbons (Fsp3) is 0.444. The zero-order valence-corrected chi connectivity index (χ0v) is 14.7. The molecule has 1 aliphatic heterocycles. The molecule has 24 heavy (non-hydrogen) atoms. The van der Waals surface area contributed by atoms with E-state index in [0.717, 1.165) is 43.2 Å². The zero-order valence-electron chi connectivity index (χ0n) is 13.9. The summed E-state index contributed by atoms with van der Waals surface area (Å²) >= 11 is 6.01. The quantitative estimate of drug-likeness (QED) is 0.838. The van der Waals surface area contributed by atoms with Crippen LogP contribution in [0.25, 0.3) is 0 Å². The van der Waals surface area contributed by atoms with Crippen molar-refractivity contribution in [3.63, 3.8) is 0 Å². The van der Waals surface area contributed by atoms with Gasteiger partial charge in [0.05, 0.1) is 6.20 Å². The van der Waals surface area contributed by atoms with Crippen LogP contribution in [0.2, 0.25) is 5.02 Å². The Bertz CT molecular complexity index is 700. The topological polar surface area (TPSA) is 50.2 Å². The second-order valence-corrected chi connectivity index (χ2v) is 6.64. The number of rotatable bonds is 7. The van der Waals surface area contributed by atoms with Crippen molar-refractivity contribution in [1.29, 1.82) is 0 Å². The molecule has 5 nitrogen and oxygen atoms in total. The van der Waals surface area contributed by atoms with E-state index in [4.69, 9.17) is 11.6 Å². The van der Waals surface area contributed by atoms with Crippen molar-refractivity contribution >= 4 is 17.5 Å². The van der Waals surface area contributed by atoms with Crippen molar-refractivity contribution in [3.05, 3.63) is 52.8 Å². The number of carbonyl (C=O) groups excluding carboxylic acids is 1. The molecule has 2 aromatic rings. The first-order valence-corrected chi connectivity index (χ1v) is 8.78. The van der Waals surface area contributed by atoms with E-state index >= 15 is 0 Å². The number of amides is 1. The maximum Gasteiger partial charge on any atom is 0.224 e. The van der Waals surface area contributed by atoms with Crippen molar-refractivity contribution in [2.24, 2.45) is 0 Å². The van der Waals surface area contributed by atoms with Gasteiger partial charge in [0.15, 0.2) is 0 Å². The van der Waals surface area contributed by atoms with Gasteiger partial charge in [-0.3, -0.25) is 9.48 Å². The Labute approximate surface area is 147 Å². The lowest BCUT2D eigenvalue weighted by Gasteiger charge is -2.17. The minimum atomic E-state index is 0.210. The van der Waals surface area contributed by atoms with Gasteiger partial charge in [0.2, 0.25) is 5.91 Å². The number of carbonyl (C=O) groups is 1. The number of nitrogens with zero attached hydrogens (tertiary/aromatic N) is 3. The average Bonchev–Trinajstić information content (AvgIpc) is 3.17. The Morgan fingerprint density at radius 1 is 1.38 bits per heavy atom. The van der Waals surface area contributed by atoms with E-state index in [1.54, 1.807) is 0 Å². The van der Waals surface area contributed by atoms with Crippen LogP contribution in [0.5, 0.6) is 0 Å². The molecule has 1 aromatic heterocycles. The number of halogens is 1. The maximum absolute atomic E-state index is 12.2. The Balaban J connectivity index is 1.46. The molecule has 128 valence electrons. The molecule has 0 spiro atoms. The van der Waals surface area contributed by atoms with Crippen molar-refractivity contribution in [1.82, 2.24) is 20.0 Å². The van der Waals surface area contributed by atoms with Gasteiger partial charge in [-0.2, -0.15) is 5.10 Å². The van der Waals surface area contributed by atoms with Gasteiger partial charge in [-0.25, -0.2) is 0 Å². The van der Waals surface area contributed by atoms with E-state index in [1.807, 2.05) is 46.2 Å². The summed E-state index contributed by atoms with van der Waals surface area (Å²) in [7, 11) is 0. The molecule has 0 bridgehead atoms. The van der Waals surface area contributed by atoms with Gasteiger partial charge < -0.3 is 10.2 Å². The molecule has 6 heteroatoms. The Kier molecular flexibility index (Phi) is 5.53. The highest BCUT2D eigenvalue weighted by atomic mass is 35.5.